The highest BCUT2D eigenvalue weighted by atomic mass is 32.2. The first-order valence-corrected chi connectivity index (χ1v) is 11.7. The summed E-state index contributed by atoms with van der Waals surface area (Å²) < 4.78 is 32.8. The maximum absolute atomic E-state index is 13.1. The van der Waals surface area contributed by atoms with Gasteiger partial charge >= 0.3 is 0 Å². The van der Waals surface area contributed by atoms with Gasteiger partial charge in [0.15, 0.2) is 0 Å². The van der Waals surface area contributed by atoms with Gasteiger partial charge in [0, 0.05) is 50.4 Å². The molecule has 0 saturated carbocycles. The van der Waals surface area contributed by atoms with E-state index in [2.05, 4.69) is 16.0 Å². The molecule has 2 aromatic carbocycles. The molecule has 0 bridgehead atoms. The van der Waals surface area contributed by atoms with E-state index in [0.717, 1.165) is 0 Å². The van der Waals surface area contributed by atoms with Gasteiger partial charge in [0.2, 0.25) is 21.8 Å². The number of sulfonamides is 1. The number of hydrogen-bond acceptors (Lipinski definition) is 6. The number of carbonyl (C=O) groups excluding carboxylic acids is 3. The van der Waals surface area contributed by atoms with E-state index >= 15 is 0 Å². The zero-order chi connectivity index (χ0) is 24.0. The molecule has 0 atom stereocenters. The topological polar surface area (TPSA) is 134 Å². The lowest BCUT2D eigenvalue weighted by Crippen LogP contribution is -2.41. The van der Waals surface area contributed by atoms with Crippen molar-refractivity contribution in [3.8, 4) is 0 Å². The van der Waals surface area contributed by atoms with Crippen molar-refractivity contribution >= 4 is 39.1 Å². The summed E-state index contributed by atoms with van der Waals surface area (Å²) in [7, 11) is -3.74. The van der Waals surface area contributed by atoms with Crippen LogP contribution in [0.1, 0.15) is 29.8 Å². The van der Waals surface area contributed by atoms with Gasteiger partial charge in [0.05, 0.1) is 18.1 Å². The smallest absolute Gasteiger partial charge is 0.251 e. The van der Waals surface area contributed by atoms with Crippen LogP contribution in [0, 0.1) is 0 Å². The average molecular weight is 475 g/mol. The Morgan fingerprint density at radius 1 is 0.939 bits per heavy atom. The predicted molar refractivity (Wildman–Crippen MR) is 122 cm³/mol. The van der Waals surface area contributed by atoms with E-state index in [9.17, 15) is 22.8 Å². The van der Waals surface area contributed by atoms with Crippen LogP contribution in [0.25, 0.3) is 0 Å². The number of amides is 3. The SMILES string of the molecule is CC(=O)Nc1cc(NC(C)=O)cc(C(=O)NCc2ccccc2S(=O)(=O)N2CCOCC2)c1. The Morgan fingerprint density at radius 3 is 2.09 bits per heavy atom. The first-order chi connectivity index (χ1) is 15.7. The Hall–Kier alpha value is -3.28. The summed E-state index contributed by atoms with van der Waals surface area (Å²) in [6.07, 6.45) is 0. The minimum atomic E-state index is -3.74. The van der Waals surface area contributed by atoms with Crippen LogP contribution in [-0.2, 0) is 30.9 Å². The Kier molecular flexibility index (Phi) is 7.79. The summed E-state index contributed by atoms with van der Waals surface area (Å²) in [4.78, 5) is 35.8. The Morgan fingerprint density at radius 2 is 1.52 bits per heavy atom. The second kappa shape index (κ2) is 10.6. The number of carbonyl (C=O) groups is 3. The lowest BCUT2D eigenvalue weighted by molar-refractivity contribution is -0.115. The maximum Gasteiger partial charge on any atom is 0.251 e. The zero-order valence-electron chi connectivity index (χ0n) is 18.4. The van der Waals surface area contributed by atoms with E-state index in [0.29, 0.717) is 30.2 Å². The largest absolute Gasteiger partial charge is 0.379 e. The number of rotatable bonds is 7. The highest BCUT2D eigenvalue weighted by Crippen LogP contribution is 2.22. The Balaban J connectivity index is 1.81. The summed E-state index contributed by atoms with van der Waals surface area (Å²) in [5.74, 6) is -1.15. The Labute approximate surface area is 192 Å². The van der Waals surface area contributed by atoms with Crippen LogP contribution in [0.2, 0.25) is 0 Å². The third kappa shape index (κ3) is 6.37. The zero-order valence-corrected chi connectivity index (χ0v) is 19.2. The molecule has 0 spiro atoms. The molecule has 1 aliphatic rings. The van der Waals surface area contributed by atoms with Gasteiger partial charge in [-0.05, 0) is 29.8 Å². The van der Waals surface area contributed by atoms with Crippen molar-refractivity contribution in [2.24, 2.45) is 0 Å². The molecule has 3 rings (SSSR count). The van der Waals surface area contributed by atoms with Gasteiger partial charge in [-0.15, -0.1) is 0 Å². The highest BCUT2D eigenvalue weighted by molar-refractivity contribution is 7.89. The second-order valence-electron chi connectivity index (χ2n) is 7.47. The van der Waals surface area contributed by atoms with Crippen molar-refractivity contribution in [1.82, 2.24) is 9.62 Å². The molecule has 1 aliphatic heterocycles. The summed E-state index contributed by atoms with van der Waals surface area (Å²) in [6.45, 7) is 3.83. The van der Waals surface area contributed by atoms with Gasteiger partial charge in [-0.25, -0.2) is 8.42 Å². The number of anilines is 2. The van der Waals surface area contributed by atoms with E-state index in [4.69, 9.17) is 4.74 Å². The monoisotopic (exact) mass is 474 g/mol. The molecule has 11 heteroatoms. The van der Waals surface area contributed by atoms with E-state index in [-0.39, 0.29) is 41.9 Å². The van der Waals surface area contributed by atoms with Crippen molar-refractivity contribution in [2.45, 2.75) is 25.3 Å². The number of ether oxygens (including phenoxy) is 1. The molecule has 1 fully saturated rings. The molecule has 2 aromatic rings. The number of benzene rings is 2. The van der Waals surface area contributed by atoms with Gasteiger partial charge in [0.1, 0.15) is 0 Å². The summed E-state index contributed by atoms with van der Waals surface area (Å²) in [5, 5.41) is 7.89. The van der Waals surface area contributed by atoms with Gasteiger partial charge in [-0.2, -0.15) is 4.31 Å². The lowest BCUT2D eigenvalue weighted by atomic mass is 10.1. The van der Waals surface area contributed by atoms with Gasteiger partial charge in [-0.3, -0.25) is 14.4 Å². The van der Waals surface area contributed by atoms with Crippen LogP contribution in [0.4, 0.5) is 11.4 Å². The van der Waals surface area contributed by atoms with E-state index in [1.54, 1.807) is 18.2 Å². The standard InChI is InChI=1S/C22H26N4O6S/c1-15(27)24-19-11-18(12-20(13-19)25-16(2)28)22(29)23-14-17-5-3-4-6-21(17)33(30,31)26-7-9-32-10-8-26/h3-6,11-13H,7-10,14H2,1-2H3,(H,23,29)(H,24,27)(H,25,28). The fourth-order valence-electron chi connectivity index (χ4n) is 3.41. The molecular formula is C22H26N4O6S. The number of nitrogens with zero attached hydrogens (tertiary/aromatic N) is 1. The van der Waals surface area contributed by atoms with Crippen molar-refractivity contribution < 1.29 is 27.5 Å². The predicted octanol–water partition coefficient (Wildman–Crippen LogP) is 1.55. The van der Waals surface area contributed by atoms with Crippen molar-refractivity contribution in [3.63, 3.8) is 0 Å². The molecule has 1 heterocycles. The van der Waals surface area contributed by atoms with Gasteiger partial charge in [-0.1, -0.05) is 18.2 Å². The quantitative estimate of drug-likeness (QED) is 0.558. The summed E-state index contributed by atoms with van der Waals surface area (Å²) in [6, 6.07) is 11.0. The minimum Gasteiger partial charge on any atom is -0.379 e. The molecule has 1 saturated heterocycles. The Bertz CT molecular complexity index is 1120. The van der Waals surface area contributed by atoms with Crippen LogP contribution in [-0.4, -0.2) is 56.7 Å². The fraction of sp³-hybridized carbons (Fsp3) is 0.318. The molecule has 10 nitrogen and oxygen atoms in total. The minimum absolute atomic E-state index is 0.0294. The number of hydrogen-bond donors (Lipinski definition) is 3. The van der Waals surface area contributed by atoms with Crippen LogP contribution >= 0.6 is 0 Å². The molecule has 0 aliphatic carbocycles. The first kappa shape index (κ1) is 24.4. The fourth-order valence-corrected chi connectivity index (χ4v) is 5.04. The molecule has 0 unspecified atom stereocenters. The van der Waals surface area contributed by atoms with E-state index in [1.165, 1.54) is 42.4 Å². The third-order valence-electron chi connectivity index (χ3n) is 4.84. The second-order valence-corrected chi connectivity index (χ2v) is 9.37. The molecular weight excluding hydrogens is 448 g/mol. The molecule has 3 amide bonds. The maximum atomic E-state index is 13.1. The lowest BCUT2D eigenvalue weighted by Gasteiger charge is -2.27. The van der Waals surface area contributed by atoms with Gasteiger partial charge < -0.3 is 20.7 Å². The van der Waals surface area contributed by atoms with Gasteiger partial charge in [0.25, 0.3) is 5.91 Å². The number of morpholine rings is 1. The van der Waals surface area contributed by atoms with Crippen molar-refractivity contribution in [1.29, 1.82) is 0 Å². The molecule has 176 valence electrons. The van der Waals surface area contributed by atoms with Crippen molar-refractivity contribution in [3.05, 3.63) is 53.6 Å². The molecule has 0 radical (unpaired) electrons. The normalized spacial score (nSPS) is 14.4. The summed E-state index contributed by atoms with van der Waals surface area (Å²) >= 11 is 0. The van der Waals surface area contributed by atoms with Crippen LogP contribution in [0.5, 0.6) is 0 Å². The molecule has 0 aromatic heterocycles. The highest BCUT2D eigenvalue weighted by Gasteiger charge is 2.28. The van der Waals surface area contributed by atoms with E-state index in [1.807, 2.05) is 0 Å². The summed E-state index contributed by atoms with van der Waals surface area (Å²) in [5.41, 5.74) is 1.32. The van der Waals surface area contributed by atoms with Crippen LogP contribution in [0.15, 0.2) is 47.4 Å². The molecule has 3 N–H and O–H groups in total. The third-order valence-corrected chi connectivity index (χ3v) is 6.83. The van der Waals surface area contributed by atoms with Crippen LogP contribution in [0.3, 0.4) is 0 Å². The van der Waals surface area contributed by atoms with E-state index < -0.39 is 15.9 Å². The average Bonchev–Trinajstić information content (AvgIpc) is 2.77. The first-order valence-electron chi connectivity index (χ1n) is 10.3. The van der Waals surface area contributed by atoms with Crippen molar-refractivity contribution in [2.75, 3.05) is 36.9 Å². The van der Waals surface area contributed by atoms with Crippen LogP contribution < -0.4 is 16.0 Å². The molecule has 33 heavy (non-hydrogen) atoms. The number of nitrogens with one attached hydrogen (secondary N) is 3.